The van der Waals surface area contributed by atoms with E-state index in [4.69, 9.17) is 22.0 Å². The van der Waals surface area contributed by atoms with E-state index in [1.54, 1.807) is 0 Å². The number of hydrogen-bond acceptors (Lipinski definition) is 5. The van der Waals surface area contributed by atoms with E-state index in [2.05, 4.69) is 10.3 Å². The number of rotatable bonds is 4. The van der Waals surface area contributed by atoms with Crippen LogP contribution in [-0.2, 0) is 4.79 Å². The number of aromatic nitrogens is 1. The maximum atomic E-state index is 10.6. The summed E-state index contributed by atoms with van der Waals surface area (Å²) in [6.07, 6.45) is 1.30. The highest BCUT2D eigenvalue weighted by Crippen LogP contribution is 2.20. The first-order valence-corrected chi connectivity index (χ1v) is 5.00. The van der Waals surface area contributed by atoms with E-state index < -0.39 is 11.6 Å². The zero-order valence-corrected chi connectivity index (χ0v) is 9.69. The van der Waals surface area contributed by atoms with Crippen LogP contribution in [0.1, 0.15) is 12.5 Å². The highest BCUT2D eigenvalue weighted by atomic mass is 35.5. The van der Waals surface area contributed by atoms with Crippen molar-refractivity contribution in [1.29, 1.82) is 5.26 Å². The fraction of sp³-hybridized carbons (Fsp3) is 0.300. The molecular formula is C10H10ClN3O3. The maximum absolute atomic E-state index is 10.6. The molecule has 0 aliphatic heterocycles. The summed E-state index contributed by atoms with van der Waals surface area (Å²) in [6, 6.07) is 3.26. The molecule has 1 aromatic heterocycles. The van der Waals surface area contributed by atoms with Crippen LogP contribution in [0.15, 0.2) is 12.3 Å². The molecule has 3 N–H and O–H groups in total. The van der Waals surface area contributed by atoms with Crippen LogP contribution in [0.2, 0.25) is 5.02 Å². The Bertz CT molecular complexity index is 482. The van der Waals surface area contributed by atoms with Crippen LogP contribution in [0.3, 0.4) is 0 Å². The largest absolute Gasteiger partial charge is 0.479 e. The van der Waals surface area contributed by atoms with Crippen LogP contribution in [-0.4, -0.2) is 33.3 Å². The summed E-state index contributed by atoms with van der Waals surface area (Å²) in [5.74, 6) is -1.14. The number of aliphatic hydroxyl groups is 1. The molecule has 6 nitrogen and oxygen atoms in total. The van der Waals surface area contributed by atoms with Crippen LogP contribution in [0.25, 0.3) is 0 Å². The van der Waals surface area contributed by atoms with Crippen LogP contribution in [0, 0.1) is 11.3 Å². The number of nitrogens with one attached hydrogen (secondary N) is 1. The molecule has 1 heterocycles. The van der Waals surface area contributed by atoms with Crippen molar-refractivity contribution < 1.29 is 15.0 Å². The Hall–Kier alpha value is -1.84. The van der Waals surface area contributed by atoms with Gasteiger partial charge in [-0.3, -0.25) is 0 Å². The highest BCUT2D eigenvalue weighted by Gasteiger charge is 2.29. The number of carboxylic acid groups (broad SMARTS) is 1. The Kier molecular flexibility index (Phi) is 3.89. The van der Waals surface area contributed by atoms with Crippen molar-refractivity contribution in [1.82, 2.24) is 4.98 Å². The second kappa shape index (κ2) is 4.99. The van der Waals surface area contributed by atoms with E-state index in [9.17, 15) is 9.90 Å². The molecule has 0 aromatic carbocycles. The summed E-state index contributed by atoms with van der Waals surface area (Å²) in [6.45, 7) is 0.904. The number of anilines is 1. The third-order valence-corrected chi connectivity index (χ3v) is 2.32. The Morgan fingerprint density at radius 2 is 2.41 bits per heavy atom. The monoisotopic (exact) mass is 255 g/mol. The van der Waals surface area contributed by atoms with Gasteiger partial charge in [-0.2, -0.15) is 5.26 Å². The van der Waals surface area contributed by atoms with E-state index in [1.807, 2.05) is 6.07 Å². The lowest BCUT2D eigenvalue weighted by molar-refractivity contribution is -0.155. The van der Waals surface area contributed by atoms with Gasteiger partial charge in [0, 0.05) is 6.20 Å². The molecule has 0 fully saturated rings. The molecule has 1 unspecified atom stereocenters. The van der Waals surface area contributed by atoms with Gasteiger partial charge in [0.05, 0.1) is 17.1 Å². The van der Waals surface area contributed by atoms with E-state index in [0.717, 1.165) is 6.92 Å². The average molecular weight is 256 g/mol. The highest BCUT2D eigenvalue weighted by molar-refractivity contribution is 6.33. The van der Waals surface area contributed by atoms with Gasteiger partial charge >= 0.3 is 5.97 Å². The van der Waals surface area contributed by atoms with Gasteiger partial charge in [-0.1, -0.05) is 11.6 Å². The zero-order valence-electron chi connectivity index (χ0n) is 8.94. The van der Waals surface area contributed by atoms with Crippen molar-refractivity contribution in [3.63, 3.8) is 0 Å². The zero-order chi connectivity index (χ0) is 13.1. The minimum atomic E-state index is -1.92. The lowest BCUT2D eigenvalue weighted by Gasteiger charge is -2.18. The Morgan fingerprint density at radius 1 is 1.76 bits per heavy atom. The SMILES string of the molecule is CC(O)(CNc1ncc(C#N)cc1Cl)C(=O)O. The first kappa shape index (κ1) is 13.2. The number of aliphatic carboxylic acids is 1. The third-order valence-electron chi connectivity index (χ3n) is 2.03. The second-order valence-corrected chi connectivity index (χ2v) is 4.01. The normalized spacial score (nSPS) is 13.5. The molecular weight excluding hydrogens is 246 g/mol. The van der Waals surface area contributed by atoms with Crippen LogP contribution in [0.4, 0.5) is 5.82 Å². The van der Waals surface area contributed by atoms with Crippen LogP contribution >= 0.6 is 11.6 Å². The summed E-state index contributed by atoms with van der Waals surface area (Å²) >= 11 is 5.81. The van der Waals surface area contributed by atoms with Gasteiger partial charge in [0.15, 0.2) is 5.60 Å². The quantitative estimate of drug-likeness (QED) is 0.737. The van der Waals surface area contributed by atoms with E-state index in [-0.39, 0.29) is 17.4 Å². The molecule has 0 bridgehead atoms. The van der Waals surface area contributed by atoms with Gasteiger partial charge in [-0.25, -0.2) is 9.78 Å². The Morgan fingerprint density at radius 3 is 2.88 bits per heavy atom. The minimum absolute atomic E-state index is 0.185. The molecule has 1 aromatic rings. The lowest BCUT2D eigenvalue weighted by atomic mass is 10.1. The molecule has 0 spiro atoms. The number of carboxylic acids is 1. The van der Waals surface area contributed by atoms with Gasteiger partial charge in [-0.05, 0) is 13.0 Å². The molecule has 0 aliphatic carbocycles. The smallest absolute Gasteiger partial charge is 0.337 e. The van der Waals surface area contributed by atoms with E-state index in [1.165, 1.54) is 12.3 Å². The predicted molar refractivity (Wildman–Crippen MR) is 60.7 cm³/mol. The number of pyridine rings is 1. The van der Waals surface area contributed by atoms with Crippen molar-refractivity contribution in [3.05, 3.63) is 22.8 Å². The molecule has 1 atom stereocenters. The maximum Gasteiger partial charge on any atom is 0.337 e. The van der Waals surface area contributed by atoms with Gasteiger partial charge < -0.3 is 15.5 Å². The molecule has 0 amide bonds. The predicted octanol–water partition coefficient (Wildman–Crippen LogP) is 0.854. The summed E-state index contributed by atoms with van der Waals surface area (Å²) in [7, 11) is 0. The van der Waals surface area contributed by atoms with Gasteiger partial charge in [0.2, 0.25) is 0 Å². The Labute approximate surface area is 102 Å². The van der Waals surface area contributed by atoms with E-state index in [0.29, 0.717) is 5.56 Å². The topological polar surface area (TPSA) is 106 Å². The first-order valence-electron chi connectivity index (χ1n) is 4.62. The van der Waals surface area contributed by atoms with Crippen LogP contribution < -0.4 is 5.32 Å². The first-order chi connectivity index (χ1) is 7.86. The number of hydrogen-bond donors (Lipinski definition) is 3. The fourth-order valence-corrected chi connectivity index (χ4v) is 1.19. The number of nitrogens with zero attached hydrogens (tertiary/aromatic N) is 2. The molecule has 1 rings (SSSR count). The van der Waals surface area contributed by atoms with Crippen molar-refractivity contribution in [3.8, 4) is 6.07 Å². The van der Waals surface area contributed by atoms with Crippen molar-refractivity contribution in [2.24, 2.45) is 0 Å². The molecule has 17 heavy (non-hydrogen) atoms. The summed E-state index contributed by atoms with van der Waals surface area (Å²) in [5, 5.41) is 29.5. The number of nitriles is 1. The molecule has 90 valence electrons. The molecule has 7 heteroatoms. The van der Waals surface area contributed by atoms with E-state index >= 15 is 0 Å². The molecule has 0 aliphatic rings. The summed E-state index contributed by atoms with van der Waals surface area (Å²) in [4.78, 5) is 14.5. The average Bonchev–Trinajstić information content (AvgIpc) is 2.27. The lowest BCUT2D eigenvalue weighted by Crippen LogP contribution is -2.42. The van der Waals surface area contributed by atoms with Crippen molar-refractivity contribution >= 4 is 23.4 Å². The van der Waals surface area contributed by atoms with Gasteiger partial charge in [0.1, 0.15) is 11.9 Å². The standard InChI is InChI=1S/C10H10ClN3O3/c1-10(17,9(15)16)5-14-8-7(11)2-6(3-12)4-13-8/h2,4,17H,5H2,1H3,(H,13,14)(H,15,16). The summed E-state index contributed by atoms with van der Waals surface area (Å²) < 4.78 is 0. The van der Waals surface area contributed by atoms with Crippen molar-refractivity contribution in [2.75, 3.05) is 11.9 Å². The molecule has 0 saturated carbocycles. The fourth-order valence-electron chi connectivity index (χ4n) is 0.961. The van der Waals surface area contributed by atoms with Gasteiger partial charge in [-0.15, -0.1) is 0 Å². The number of carbonyl (C=O) groups is 1. The van der Waals surface area contributed by atoms with Crippen LogP contribution in [0.5, 0.6) is 0 Å². The Balaban J connectivity index is 2.78. The molecule has 0 radical (unpaired) electrons. The van der Waals surface area contributed by atoms with Gasteiger partial charge in [0.25, 0.3) is 0 Å². The number of halogens is 1. The minimum Gasteiger partial charge on any atom is -0.479 e. The summed E-state index contributed by atoms with van der Waals surface area (Å²) in [5.41, 5.74) is -1.62. The van der Waals surface area contributed by atoms with Crippen molar-refractivity contribution in [2.45, 2.75) is 12.5 Å². The second-order valence-electron chi connectivity index (χ2n) is 3.60. The third kappa shape index (κ3) is 3.31. The molecule has 0 saturated heterocycles.